The van der Waals surface area contributed by atoms with Gasteiger partial charge in [0, 0.05) is 18.0 Å². The van der Waals surface area contributed by atoms with E-state index in [0.29, 0.717) is 15.7 Å². The third-order valence-corrected chi connectivity index (χ3v) is 2.84. The molecule has 0 saturated heterocycles. The van der Waals surface area contributed by atoms with E-state index in [1.807, 2.05) is 13.8 Å². The van der Waals surface area contributed by atoms with Crippen molar-refractivity contribution in [1.82, 2.24) is 4.98 Å². The van der Waals surface area contributed by atoms with Crippen LogP contribution in [0.3, 0.4) is 0 Å². The number of hydrogen-bond acceptors (Lipinski definition) is 5. The van der Waals surface area contributed by atoms with Crippen LogP contribution in [0.15, 0.2) is 24.5 Å². The molecule has 5 heteroatoms. The molecular formula is C11H13NO2S2. The van der Waals surface area contributed by atoms with Crippen molar-refractivity contribution in [3.63, 3.8) is 0 Å². The number of pyridine rings is 1. The van der Waals surface area contributed by atoms with E-state index in [4.69, 9.17) is 17.0 Å². The molecule has 0 N–H and O–H groups in total. The molecule has 0 atom stereocenters. The first kappa shape index (κ1) is 13.1. The Morgan fingerprint density at radius 1 is 1.50 bits per heavy atom. The van der Waals surface area contributed by atoms with E-state index in [2.05, 4.69) is 4.98 Å². The van der Waals surface area contributed by atoms with Crippen molar-refractivity contribution >= 4 is 34.1 Å². The monoisotopic (exact) mass is 255 g/mol. The van der Waals surface area contributed by atoms with Crippen LogP contribution in [0.5, 0.6) is 0 Å². The summed E-state index contributed by atoms with van der Waals surface area (Å²) in [6, 6.07) is 3.38. The lowest BCUT2D eigenvalue weighted by molar-refractivity contribution is 0.102. The molecular weight excluding hydrogens is 242 g/mol. The molecule has 86 valence electrons. The fourth-order valence-electron chi connectivity index (χ4n) is 0.972. The largest absolute Gasteiger partial charge is 0.476 e. The van der Waals surface area contributed by atoms with Crippen molar-refractivity contribution in [3.8, 4) is 0 Å². The maximum absolute atomic E-state index is 11.7. The van der Waals surface area contributed by atoms with Gasteiger partial charge in [-0.05, 0) is 38.2 Å². The van der Waals surface area contributed by atoms with Crippen molar-refractivity contribution in [2.24, 2.45) is 0 Å². The number of hydrogen-bond donors (Lipinski definition) is 0. The zero-order valence-corrected chi connectivity index (χ0v) is 10.8. The van der Waals surface area contributed by atoms with E-state index < -0.39 is 0 Å². The summed E-state index contributed by atoms with van der Waals surface area (Å²) in [5.41, 5.74) is 0.648. The molecule has 0 saturated carbocycles. The first-order valence-corrected chi connectivity index (χ1v) is 6.25. The Balaban J connectivity index is 2.39. The van der Waals surface area contributed by atoms with E-state index in [1.165, 1.54) is 11.8 Å². The summed E-state index contributed by atoms with van der Waals surface area (Å²) in [4.78, 5) is 15.5. The van der Waals surface area contributed by atoms with Gasteiger partial charge in [-0.3, -0.25) is 9.78 Å². The van der Waals surface area contributed by atoms with Gasteiger partial charge in [-0.1, -0.05) is 11.8 Å². The number of ether oxygens (including phenoxy) is 1. The minimum atomic E-state index is 0.0297. The Bertz CT molecular complexity index is 366. The van der Waals surface area contributed by atoms with Gasteiger partial charge in [-0.25, -0.2) is 0 Å². The predicted molar refractivity (Wildman–Crippen MR) is 69.8 cm³/mol. The van der Waals surface area contributed by atoms with E-state index in [0.717, 1.165) is 0 Å². The number of rotatable bonds is 4. The Hall–Kier alpha value is -0.940. The highest BCUT2D eigenvalue weighted by Gasteiger charge is 2.08. The lowest BCUT2D eigenvalue weighted by atomic mass is 10.2. The van der Waals surface area contributed by atoms with Crippen LogP contribution in [-0.4, -0.2) is 27.0 Å². The number of carbonyl (C=O) groups is 1. The highest BCUT2D eigenvalue weighted by atomic mass is 32.2. The SMILES string of the molecule is CC(C)OC(=S)SCC(=O)c1ccncc1. The van der Waals surface area contributed by atoms with Crippen LogP contribution in [0.25, 0.3) is 0 Å². The molecule has 0 aliphatic rings. The summed E-state index contributed by atoms with van der Waals surface area (Å²) in [6.45, 7) is 3.80. The molecule has 1 rings (SSSR count). The number of ketones is 1. The Morgan fingerprint density at radius 2 is 2.12 bits per heavy atom. The van der Waals surface area contributed by atoms with Crippen LogP contribution in [0.4, 0.5) is 0 Å². The van der Waals surface area contributed by atoms with Gasteiger partial charge >= 0.3 is 0 Å². The third kappa shape index (κ3) is 4.72. The lowest BCUT2D eigenvalue weighted by Crippen LogP contribution is -2.10. The highest BCUT2D eigenvalue weighted by Crippen LogP contribution is 2.11. The van der Waals surface area contributed by atoms with Gasteiger partial charge in [-0.2, -0.15) is 0 Å². The summed E-state index contributed by atoms with van der Waals surface area (Å²) in [7, 11) is 0. The van der Waals surface area contributed by atoms with Crippen molar-refractivity contribution in [2.45, 2.75) is 20.0 Å². The van der Waals surface area contributed by atoms with Gasteiger partial charge in [0.05, 0.1) is 11.9 Å². The van der Waals surface area contributed by atoms with Gasteiger partial charge in [-0.15, -0.1) is 0 Å². The number of aromatic nitrogens is 1. The van der Waals surface area contributed by atoms with Crippen LogP contribution in [0, 0.1) is 0 Å². The lowest BCUT2D eigenvalue weighted by Gasteiger charge is -2.09. The second kappa shape index (κ2) is 6.60. The van der Waals surface area contributed by atoms with Gasteiger partial charge in [0.25, 0.3) is 0 Å². The first-order chi connectivity index (χ1) is 7.59. The molecule has 1 aromatic rings. The van der Waals surface area contributed by atoms with Crippen LogP contribution < -0.4 is 0 Å². The molecule has 3 nitrogen and oxygen atoms in total. The van der Waals surface area contributed by atoms with Gasteiger partial charge in [0.2, 0.25) is 4.38 Å². The zero-order valence-electron chi connectivity index (χ0n) is 9.17. The molecule has 0 aliphatic heterocycles. The van der Waals surface area contributed by atoms with Crippen LogP contribution in [-0.2, 0) is 4.74 Å². The molecule has 0 unspecified atom stereocenters. The second-order valence-electron chi connectivity index (χ2n) is 3.36. The average molecular weight is 255 g/mol. The number of thiocarbonyl (C=S) groups is 1. The minimum absolute atomic E-state index is 0.0297. The van der Waals surface area contributed by atoms with Gasteiger partial charge < -0.3 is 4.74 Å². The molecule has 0 aliphatic carbocycles. The van der Waals surface area contributed by atoms with Crippen molar-refractivity contribution in [1.29, 1.82) is 0 Å². The zero-order chi connectivity index (χ0) is 12.0. The van der Waals surface area contributed by atoms with Crippen molar-refractivity contribution < 1.29 is 9.53 Å². The van der Waals surface area contributed by atoms with Crippen LogP contribution in [0.2, 0.25) is 0 Å². The van der Waals surface area contributed by atoms with Gasteiger partial charge in [0.1, 0.15) is 0 Å². The third-order valence-electron chi connectivity index (χ3n) is 1.66. The van der Waals surface area contributed by atoms with Crippen molar-refractivity contribution in [2.75, 3.05) is 5.75 Å². The number of Topliss-reactive ketones (excluding diaryl/α,β-unsaturated/α-hetero) is 1. The maximum atomic E-state index is 11.7. The van der Waals surface area contributed by atoms with E-state index >= 15 is 0 Å². The fourth-order valence-corrected chi connectivity index (χ4v) is 2.02. The average Bonchev–Trinajstić information content (AvgIpc) is 2.26. The molecule has 0 bridgehead atoms. The summed E-state index contributed by atoms with van der Waals surface area (Å²) < 4.78 is 5.68. The highest BCUT2D eigenvalue weighted by molar-refractivity contribution is 8.23. The normalized spacial score (nSPS) is 10.2. The molecule has 0 amide bonds. The Morgan fingerprint density at radius 3 is 2.69 bits per heavy atom. The van der Waals surface area contributed by atoms with E-state index in [-0.39, 0.29) is 11.9 Å². The maximum Gasteiger partial charge on any atom is 0.220 e. The standard InChI is InChI=1S/C11H13NO2S2/c1-8(2)14-11(15)16-7-10(13)9-3-5-12-6-4-9/h3-6,8H,7H2,1-2H3. The second-order valence-corrected chi connectivity index (χ2v) is 4.94. The molecule has 16 heavy (non-hydrogen) atoms. The summed E-state index contributed by atoms with van der Waals surface area (Å²) in [5, 5.41) is 0. The predicted octanol–water partition coefficient (Wildman–Crippen LogP) is 2.71. The fraction of sp³-hybridized carbons (Fsp3) is 0.364. The van der Waals surface area contributed by atoms with Crippen molar-refractivity contribution in [3.05, 3.63) is 30.1 Å². The summed E-state index contributed by atoms with van der Waals surface area (Å²) >= 11 is 6.22. The van der Waals surface area contributed by atoms with E-state index in [9.17, 15) is 4.79 Å². The van der Waals surface area contributed by atoms with Crippen LogP contribution >= 0.6 is 24.0 Å². The van der Waals surface area contributed by atoms with Crippen LogP contribution in [0.1, 0.15) is 24.2 Å². The van der Waals surface area contributed by atoms with E-state index in [1.54, 1.807) is 24.5 Å². The first-order valence-electron chi connectivity index (χ1n) is 4.86. The molecule has 0 radical (unpaired) electrons. The smallest absolute Gasteiger partial charge is 0.220 e. The Kier molecular flexibility index (Phi) is 5.42. The molecule has 0 spiro atoms. The molecule has 1 heterocycles. The molecule has 0 aromatic carbocycles. The molecule has 1 aromatic heterocycles. The van der Waals surface area contributed by atoms with Gasteiger partial charge in [0.15, 0.2) is 5.78 Å². The topological polar surface area (TPSA) is 39.2 Å². The quantitative estimate of drug-likeness (QED) is 0.611. The summed E-state index contributed by atoms with van der Waals surface area (Å²) in [6.07, 6.45) is 3.25. The number of thioether (sulfide) groups is 1. The summed E-state index contributed by atoms with van der Waals surface area (Å²) in [5.74, 6) is 0.331. The minimum Gasteiger partial charge on any atom is -0.476 e. The Labute approximate surface area is 105 Å². The number of carbonyl (C=O) groups excluding carboxylic acids is 1. The molecule has 0 fully saturated rings. The number of nitrogens with zero attached hydrogens (tertiary/aromatic N) is 1.